The smallest absolute Gasteiger partial charge is 0.249 e. The third-order valence-corrected chi connectivity index (χ3v) is 4.88. The fourth-order valence-electron chi connectivity index (χ4n) is 3.46. The highest BCUT2D eigenvalue weighted by Gasteiger charge is 2.33. The Morgan fingerprint density at radius 2 is 1.84 bits per heavy atom. The first-order valence-corrected chi connectivity index (χ1v) is 9.65. The maximum Gasteiger partial charge on any atom is 0.249 e. The lowest BCUT2D eigenvalue weighted by Gasteiger charge is -2.24. The number of carbonyl (C=O) groups excluding carboxylic acids is 3. The molecular formula is C22H21N5O4. The topological polar surface area (TPSA) is 114 Å². The molecule has 9 nitrogen and oxygen atoms in total. The molecule has 0 saturated carbocycles. The molecule has 2 heterocycles. The number of benzene rings is 2. The largest absolute Gasteiger partial charge is 0.497 e. The van der Waals surface area contributed by atoms with Gasteiger partial charge in [-0.05, 0) is 35.9 Å². The quantitative estimate of drug-likeness (QED) is 0.588. The number of hydrogen-bond donors (Lipinski definition) is 3. The van der Waals surface area contributed by atoms with Crippen molar-refractivity contribution in [1.82, 2.24) is 9.78 Å². The average molecular weight is 419 g/mol. The van der Waals surface area contributed by atoms with Gasteiger partial charge in [-0.15, -0.1) is 0 Å². The molecule has 1 aromatic heterocycles. The molecule has 9 heteroatoms. The Labute approximate surface area is 178 Å². The fourth-order valence-corrected chi connectivity index (χ4v) is 3.46. The zero-order valence-electron chi connectivity index (χ0n) is 17.0. The van der Waals surface area contributed by atoms with Crippen molar-refractivity contribution in [3.8, 4) is 16.9 Å². The van der Waals surface area contributed by atoms with Crippen LogP contribution in [0.25, 0.3) is 11.1 Å². The molecule has 0 saturated heterocycles. The highest BCUT2D eigenvalue weighted by molar-refractivity contribution is 6.03. The van der Waals surface area contributed by atoms with E-state index in [-0.39, 0.29) is 24.1 Å². The SMILES string of the molecule is COc1ccc(-c2cnn3c2NC(=O)C[C@@H]3C(=O)Nc2cccc(NC(C)=O)c2)cc1. The van der Waals surface area contributed by atoms with Gasteiger partial charge in [-0.2, -0.15) is 5.10 Å². The van der Waals surface area contributed by atoms with Crippen LogP contribution >= 0.6 is 0 Å². The Balaban J connectivity index is 1.59. The minimum Gasteiger partial charge on any atom is -0.497 e. The first kappa shape index (κ1) is 20.1. The number of aromatic nitrogens is 2. The monoisotopic (exact) mass is 419 g/mol. The second-order valence-electron chi connectivity index (χ2n) is 7.10. The molecule has 2 aromatic carbocycles. The van der Waals surface area contributed by atoms with Crippen LogP contribution in [0.5, 0.6) is 5.75 Å². The molecule has 0 bridgehead atoms. The molecule has 0 aliphatic carbocycles. The summed E-state index contributed by atoms with van der Waals surface area (Å²) in [5, 5.41) is 12.7. The maximum atomic E-state index is 13.0. The van der Waals surface area contributed by atoms with Crippen molar-refractivity contribution in [3.63, 3.8) is 0 Å². The molecule has 1 aliphatic rings. The predicted molar refractivity (Wildman–Crippen MR) is 116 cm³/mol. The summed E-state index contributed by atoms with van der Waals surface area (Å²) in [6, 6.07) is 13.3. The van der Waals surface area contributed by atoms with E-state index in [9.17, 15) is 14.4 Å². The first-order valence-electron chi connectivity index (χ1n) is 9.65. The van der Waals surface area contributed by atoms with Crippen molar-refractivity contribution in [3.05, 3.63) is 54.7 Å². The lowest BCUT2D eigenvalue weighted by molar-refractivity contribution is -0.125. The van der Waals surface area contributed by atoms with E-state index in [1.165, 1.54) is 11.6 Å². The van der Waals surface area contributed by atoms with Gasteiger partial charge in [0.05, 0.1) is 19.7 Å². The number of fused-ring (bicyclic) bond motifs is 1. The number of nitrogens with zero attached hydrogens (tertiary/aromatic N) is 2. The van der Waals surface area contributed by atoms with Crippen molar-refractivity contribution < 1.29 is 19.1 Å². The van der Waals surface area contributed by atoms with Crippen LogP contribution in [0.3, 0.4) is 0 Å². The van der Waals surface area contributed by atoms with Crippen LogP contribution in [0.1, 0.15) is 19.4 Å². The van der Waals surface area contributed by atoms with Crippen molar-refractivity contribution in [2.24, 2.45) is 0 Å². The van der Waals surface area contributed by atoms with Crippen LogP contribution in [-0.2, 0) is 14.4 Å². The van der Waals surface area contributed by atoms with Crippen molar-refractivity contribution in [1.29, 1.82) is 0 Å². The maximum absolute atomic E-state index is 13.0. The van der Waals surface area contributed by atoms with E-state index in [0.717, 1.165) is 5.56 Å². The van der Waals surface area contributed by atoms with Gasteiger partial charge >= 0.3 is 0 Å². The highest BCUT2D eigenvalue weighted by Crippen LogP contribution is 2.35. The number of ether oxygens (including phenoxy) is 1. The van der Waals surface area contributed by atoms with Crippen LogP contribution in [0.15, 0.2) is 54.7 Å². The lowest BCUT2D eigenvalue weighted by atomic mass is 10.1. The van der Waals surface area contributed by atoms with Gasteiger partial charge in [0.15, 0.2) is 0 Å². The molecule has 0 fully saturated rings. The Hall–Kier alpha value is -4.14. The van der Waals surface area contributed by atoms with Gasteiger partial charge in [0.25, 0.3) is 0 Å². The molecule has 0 spiro atoms. The zero-order valence-corrected chi connectivity index (χ0v) is 17.0. The van der Waals surface area contributed by atoms with Crippen LogP contribution in [-0.4, -0.2) is 34.6 Å². The van der Waals surface area contributed by atoms with Crippen molar-refractivity contribution in [2.75, 3.05) is 23.1 Å². The number of nitrogens with one attached hydrogen (secondary N) is 3. The Morgan fingerprint density at radius 1 is 1.13 bits per heavy atom. The minimum absolute atomic E-state index is 0.0338. The second kappa shape index (κ2) is 8.31. The van der Waals surface area contributed by atoms with Gasteiger partial charge in [0.2, 0.25) is 17.7 Å². The minimum atomic E-state index is -0.805. The Kier molecular flexibility index (Phi) is 5.40. The summed E-state index contributed by atoms with van der Waals surface area (Å²) in [5.41, 5.74) is 2.62. The molecule has 1 atom stereocenters. The number of anilines is 3. The molecule has 158 valence electrons. The van der Waals surface area contributed by atoms with E-state index in [2.05, 4.69) is 21.0 Å². The molecule has 3 amide bonds. The summed E-state index contributed by atoms with van der Waals surface area (Å²) < 4.78 is 6.71. The molecule has 31 heavy (non-hydrogen) atoms. The molecule has 3 aromatic rings. The zero-order chi connectivity index (χ0) is 22.0. The average Bonchev–Trinajstić information content (AvgIpc) is 3.16. The third kappa shape index (κ3) is 4.25. The van der Waals surface area contributed by atoms with Gasteiger partial charge in [-0.1, -0.05) is 18.2 Å². The van der Waals surface area contributed by atoms with E-state index in [1.54, 1.807) is 37.6 Å². The first-order chi connectivity index (χ1) is 14.9. The van der Waals surface area contributed by atoms with Gasteiger partial charge in [-0.25, -0.2) is 4.68 Å². The van der Waals surface area contributed by atoms with E-state index in [1.807, 2.05) is 24.3 Å². The third-order valence-electron chi connectivity index (χ3n) is 4.88. The van der Waals surface area contributed by atoms with Crippen LogP contribution in [0.2, 0.25) is 0 Å². The van der Waals surface area contributed by atoms with Crippen molar-refractivity contribution in [2.45, 2.75) is 19.4 Å². The van der Waals surface area contributed by atoms with Gasteiger partial charge in [0, 0.05) is 23.9 Å². The van der Waals surface area contributed by atoms with Gasteiger partial charge < -0.3 is 20.7 Å². The van der Waals surface area contributed by atoms with Gasteiger partial charge in [-0.3, -0.25) is 14.4 Å². The summed E-state index contributed by atoms with van der Waals surface area (Å²) in [6.45, 7) is 1.41. The van der Waals surface area contributed by atoms with Crippen LogP contribution in [0.4, 0.5) is 17.2 Å². The van der Waals surface area contributed by atoms with E-state index < -0.39 is 6.04 Å². The predicted octanol–water partition coefficient (Wildman–Crippen LogP) is 3.04. The molecular weight excluding hydrogens is 398 g/mol. The Morgan fingerprint density at radius 3 is 2.52 bits per heavy atom. The molecule has 1 aliphatic heterocycles. The van der Waals surface area contributed by atoms with Crippen molar-refractivity contribution >= 4 is 34.9 Å². The summed E-state index contributed by atoms with van der Waals surface area (Å²) in [7, 11) is 1.59. The number of hydrogen-bond acceptors (Lipinski definition) is 5. The summed E-state index contributed by atoms with van der Waals surface area (Å²) in [6.07, 6.45) is 1.59. The fraction of sp³-hybridized carbons (Fsp3) is 0.182. The van der Waals surface area contributed by atoms with E-state index in [0.29, 0.717) is 28.5 Å². The second-order valence-corrected chi connectivity index (χ2v) is 7.10. The summed E-state index contributed by atoms with van der Waals surface area (Å²) >= 11 is 0. The lowest BCUT2D eigenvalue weighted by Crippen LogP contribution is -2.35. The number of amides is 3. The standard InChI is InChI=1S/C22H21N5O4/c1-13(28)24-15-4-3-5-16(10-15)25-22(30)19-11-20(29)26-21-18(12-23-27(19)21)14-6-8-17(31-2)9-7-14/h3-10,12,19H,11H2,1-2H3,(H,24,28)(H,25,30)(H,26,29)/t19-/m1/s1. The molecule has 3 N–H and O–H groups in total. The molecule has 0 radical (unpaired) electrons. The highest BCUT2D eigenvalue weighted by atomic mass is 16.5. The molecule has 4 rings (SSSR count). The van der Waals surface area contributed by atoms with Crippen LogP contribution in [0, 0.1) is 0 Å². The van der Waals surface area contributed by atoms with Gasteiger partial charge in [0.1, 0.15) is 17.6 Å². The Bertz CT molecular complexity index is 1150. The number of methoxy groups -OCH3 is 1. The normalized spacial score (nSPS) is 14.9. The summed E-state index contributed by atoms with van der Waals surface area (Å²) in [4.78, 5) is 36.6. The number of rotatable bonds is 5. The van der Waals surface area contributed by atoms with Crippen LogP contribution < -0.4 is 20.7 Å². The molecule has 0 unspecified atom stereocenters. The van der Waals surface area contributed by atoms with E-state index >= 15 is 0 Å². The van der Waals surface area contributed by atoms with E-state index in [4.69, 9.17) is 4.74 Å². The summed E-state index contributed by atoms with van der Waals surface area (Å²) in [5.74, 6) is 0.330. The number of carbonyl (C=O) groups is 3.